The van der Waals surface area contributed by atoms with E-state index in [-0.39, 0.29) is 23.5 Å². The Balaban J connectivity index is 1.82. The van der Waals surface area contributed by atoms with Crippen LogP contribution in [0.2, 0.25) is 0 Å². The van der Waals surface area contributed by atoms with Gasteiger partial charge in [0.2, 0.25) is 0 Å². The molecule has 1 unspecified atom stereocenters. The van der Waals surface area contributed by atoms with Crippen molar-refractivity contribution in [3.63, 3.8) is 0 Å². The van der Waals surface area contributed by atoms with Gasteiger partial charge in [-0.1, -0.05) is 6.07 Å². The summed E-state index contributed by atoms with van der Waals surface area (Å²) in [5.74, 6) is 0.544. The summed E-state index contributed by atoms with van der Waals surface area (Å²) in [6.07, 6.45) is 0.470. The molecule has 2 aromatic rings. The SMILES string of the molecule is COc1cccc2[nH]c(C(=O)NC3CCS(=O)(=O)C3)cc12. The number of rotatable bonds is 3. The Morgan fingerprint density at radius 2 is 2.24 bits per heavy atom. The van der Waals surface area contributed by atoms with Gasteiger partial charge in [-0.05, 0) is 24.6 Å². The van der Waals surface area contributed by atoms with Crippen LogP contribution in [0.3, 0.4) is 0 Å². The molecule has 3 rings (SSSR count). The van der Waals surface area contributed by atoms with Gasteiger partial charge in [0.05, 0.1) is 18.6 Å². The first kappa shape index (κ1) is 13.9. The van der Waals surface area contributed by atoms with Crippen molar-refractivity contribution in [1.82, 2.24) is 10.3 Å². The molecular weight excluding hydrogens is 292 g/mol. The Morgan fingerprint density at radius 3 is 2.90 bits per heavy atom. The van der Waals surface area contributed by atoms with Crippen LogP contribution >= 0.6 is 0 Å². The van der Waals surface area contributed by atoms with Gasteiger partial charge in [0.15, 0.2) is 9.84 Å². The zero-order valence-electron chi connectivity index (χ0n) is 11.5. The number of fused-ring (bicyclic) bond motifs is 1. The Kier molecular flexibility index (Phi) is 3.36. The minimum absolute atomic E-state index is 0.0162. The first-order chi connectivity index (χ1) is 9.98. The lowest BCUT2D eigenvalue weighted by molar-refractivity contribution is 0.0937. The van der Waals surface area contributed by atoms with Crippen molar-refractivity contribution in [2.24, 2.45) is 0 Å². The number of ether oxygens (including phenoxy) is 1. The van der Waals surface area contributed by atoms with Crippen LogP contribution in [0.5, 0.6) is 5.75 Å². The second-order valence-corrected chi connectivity index (χ2v) is 7.41. The van der Waals surface area contributed by atoms with Crippen molar-refractivity contribution in [3.05, 3.63) is 30.0 Å². The highest BCUT2D eigenvalue weighted by Crippen LogP contribution is 2.26. The molecule has 6 nitrogen and oxygen atoms in total. The lowest BCUT2D eigenvalue weighted by Crippen LogP contribution is -2.35. The average molecular weight is 308 g/mol. The topological polar surface area (TPSA) is 88.3 Å². The van der Waals surface area contributed by atoms with E-state index in [9.17, 15) is 13.2 Å². The van der Waals surface area contributed by atoms with E-state index in [2.05, 4.69) is 10.3 Å². The summed E-state index contributed by atoms with van der Waals surface area (Å²) < 4.78 is 28.1. The number of nitrogens with one attached hydrogen (secondary N) is 2. The van der Waals surface area contributed by atoms with Crippen molar-refractivity contribution < 1.29 is 17.9 Å². The molecule has 0 bridgehead atoms. The third-order valence-corrected chi connectivity index (χ3v) is 5.42. The van der Waals surface area contributed by atoms with Crippen LogP contribution in [0.15, 0.2) is 24.3 Å². The van der Waals surface area contributed by atoms with Crippen molar-refractivity contribution in [1.29, 1.82) is 0 Å². The largest absolute Gasteiger partial charge is 0.496 e. The van der Waals surface area contributed by atoms with Crippen LogP contribution in [-0.4, -0.2) is 44.0 Å². The first-order valence-corrected chi connectivity index (χ1v) is 8.48. The van der Waals surface area contributed by atoms with Gasteiger partial charge >= 0.3 is 0 Å². The summed E-state index contributed by atoms with van der Waals surface area (Å²) in [4.78, 5) is 15.2. The van der Waals surface area contributed by atoms with Crippen LogP contribution in [0.4, 0.5) is 0 Å². The number of sulfone groups is 1. The van der Waals surface area contributed by atoms with Gasteiger partial charge in [0.25, 0.3) is 5.91 Å². The van der Waals surface area contributed by atoms with Gasteiger partial charge in [0, 0.05) is 16.9 Å². The number of hydrogen-bond donors (Lipinski definition) is 2. The molecule has 0 aliphatic carbocycles. The van der Waals surface area contributed by atoms with E-state index in [0.29, 0.717) is 17.9 Å². The van der Waals surface area contributed by atoms with E-state index in [1.807, 2.05) is 18.2 Å². The van der Waals surface area contributed by atoms with E-state index < -0.39 is 9.84 Å². The van der Waals surface area contributed by atoms with Crippen LogP contribution in [0.25, 0.3) is 10.9 Å². The zero-order valence-corrected chi connectivity index (χ0v) is 12.4. The number of aromatic amines is 1. The molecule has 1 aromatic carbocycles. The normalized spacial score (nSPS) is 20.5. The van der Waals surface area contributed by atoms with Crippen molar-refractivity contribution in [2.75, 3.05) is 18.6 Å². The first-order valence-electron chi connectivity index (χ1n) is 6.65. The molecule has 2 N–H and O–H groups in total. The van der Waals surface area contributed by atoms with E-state index in [1.54, 1.807) is 13.2 Å². The minimum atomic E-state index is -3.00. The van der Waals surface area contributed by atoms with Crippen LogP contribution in [0.1, 0.15) is 16.9 Å². The molecule has 1 saturated heterocycles. The molecule has 1 amide bonds. The van der Waals surface area contributed by atoms with Gasteiger partial charge in [0.1, 0.15) is 11.4 Å². The maximum Gasteiger partial charge on any atom is 0.267 e. The summed E-state index contributed by atoms with van der Waals surface area (Å²) in [6.45, 7) is 0. The molecule has 1 aromatic heterocycles. The molecule has 1 aliphatic heterocycles. The molecule has 1 aliphatic rings. The minimum Gasteiger partial charge on any atom is -0.496 e. The molecule has 7 heteroatoms. The molecule has 112 valence electrons. The van der Waals surface area contributed by atoms with Gasteiger partial charge in [-0.3, -0.25) is 4.79 Å². The molecule has 21 heavy (non-hydrogen) atoms. The third kappa shape index (κ3) is 2.73. The fraction of sp³-hybridized carbons (Fsp3) is 0.357. The van der Waals surface area contributed by atoms with Gasteiger partial charge < -0.3 is 15.0 Å². The van der Waals surface area contributed by atoms with Crippen molar-refractivity contribution in [2.45, 2.75) is 12.5 Å². The Hall–Kier alpha value is -2.02. The fourth-order valence-corrected chi connectivity index (χ4v) is 4.27. The Morgan fingerprint density at radius 1 is 1.43 bits per heavy atom. The maximum atomic E-state index is 12.2. The number of hydrogen-bond acceptors (Lipinski definition) is 4. The fourth-order valence-electron chi connectivity index (χ4n) is 2.60. The highest BCUT2D eigenvalue weighted by Gasteiger charge is 2.29. The number of benzene rings is 1. The highest BCUT2D eigenvalue weighted by molar-refractivity contribution is 7.91. The van der Waals surface area contributed by atoms with Gasteiger partial charge in [-0.25, -0.2) is 8.42 Å². The number of methoxy groups -OCH3 is 1. The summed E-state index contributed by atoms with van der Waals surface area (Å²) >= 11 is 0. The lowest BCUT2D eigenvalue weighted by atomic mass is 10.2. The standard InChI is InChI=1S/C14H16N2O4S/c1-20-13-4-2-3-11-10(13)7-12(16-11)14(17)15-9-5-6-21(18,19)8-9/h2-4,7,9,16H,5-6,8H2,1H3,(H,15,17). The third-order valence-electron chi connectivity index (χ3n) is 3.66. The number of carbonyl (C=O) groups is 1. The molecule has 0 spiro atoms. The lowest BCUT2D eigenvalue weighted by Gasteiger charge is -2.09. The summed E-state index contributed by atoms with van der Waals surface area (Å²) in [6, 6.07) is 6.92. The van der Waals surface area contributed by atoms with Gasteiger partial charge in [-0.2, -0.15) is 0 Å². The number of H-pyrrole nitrogens is 1. The maximum absolute atomic E-state index is 12.2. The summed E-state index contributed by atoms with van der Waals surface area (Å²) in [5, 5.41) is 3.58. The molecular formula is C14H16N2O4S. The second-order valence-electron chi connectivity index (χ2n) is 5.18. The Bertz CT molecular complexity index is 794. The summed E-state index contributed by atoms with van der Waals surface area (Å²) in [5.41, 5.74) is 1.21. The monoisotopic (exact) mass is 308 g/mol. The second kappa shape index (κ2) is 5.07. The summed E-state index contributed by atoms with van der Waals surface area (Å²) in [7, 11) is -1.43. The van der Waals surface area contributed by atoms with Crippen LogP contribution in [0, 0.1) is 0 Å². The number of carbonyl (C=O) groups excluding carboxylic acids is 1. The molecule has 2 heterocycles. The molecule has 0 saturated carbocycles. The van der Waals surface area contributed by atoms with Crippen LogP contribution in [-0.2, 0) is 9.84 Å². The zero-order chi connectivity index (χ0) is 15.0. The van der Waals surface area contributed by atoms with Gasteiger partial charge in [-0.15, -0.1) is 0 Å². The van der Waals surface area contributed by atoms with E-state index in [1.165, 1.54) is 0 Å². The number of amides is 1. The van der Waals surface area contributed by atoms with Crippen molar-refractivity contribution >= 4 is 26.6 Å². The van der Waals surface area contributed by atoms with Crippen LogP contribution < -0.4 is 10.1 Å². The smallest absolute Gasteiger partial charge is 0.267 e. The molecule has 0 radical (unpaired) electrons. The number of aromatic nitrogens is 1. The predicted octanol–water partition coefficient (Wildman–Crippen LogP) is 1.09. The average Bonchev–Trinajstić information content (AvgIpc) is 3.01. The van der Waals surface area contributed by atoms with Crippen molar-refractivity contribution in [3.8, 4) is 5.75 Å². The quantitative estimate of drug-likeness (QED) is 0.888. The highest BCUT2D eigenvalue weighted by atomic mass is 32.2. The molecule has 1 atom stereocenters. The Labute approximate surface area is 122 Å². The van der Waals surface area contributed by atoms with E-state index in [0.717, 1.165) is 10.9 Å². The molecule has 1 fully saturated rings. The predicted molar refractivity (Wildman–Crippen MR) is 79.4 cm³/mol. The van der Waals surface area contributed by atoms with E-state index in [4.69, 9.17) is 4.74 Å². The van der Waals surface area contributed by atoms with E-state index >= 15 is 0 Å².